The van der Waals surface area contributed by atoms with Gasteiger partial charge in [0.15, 0.2) is 0 Å². The highest BCUT2D eigenvalue weighted by Crippen LogP contribution is 2.23. The number of likely N-dealkylation sites (tertiary alicyclic amines) is 1. The number of amides is 1. The van der Waals surface area contributed by atoms with Gasteiger partial charge < -0.3 is 9.88 Å². The Labute approximate surface area is 120 Å². The van der Waals surface area contributed by atoms with E-state index in [0.29, 0.717) is 5.92 Å². The summed E-state index contributed by atoms with van der Waals surface area (Å²) in [5.74, 6) is 0.649. The number of carbonyl (C=O) groups excluding carboxylic acids is 1. The van der Waals surface area contributed by atoms with E-state index in [1.165, 1.54) is 12.0 Å². The number of hydrogen-bond donors (Lipinski definition) is 1. The number of rotatable bonds is 2. The van der Waals surface area contributed by atoms with Crippen molar-refractivity contribution < 1.29 is 4.79 Å². The molecule has 3 nitrogen and oxygen atoms in total. The molecular weight excluding hydrogens is 248 g/mol. The van der Waals surface area contributed by atoms with Gasteiger partial charge in [-0.2, -0.15) is 0 Å². The van der Waals surface area contributed by atoms with Crippen molar-refractivity contribution in [3.63, 3.8) is 0 Å². The number of aromatic amines is 1. The molecule has 0 unspecified atom stereocenters. The van der Waals surface area contributed by atoms with Crippen LogP contribution in [0.4, 0.5) is 0 Å². The monoisotopic (exact) mass is 270 g/mol. The molecule has 0 atom stereocenters. The Morgan fingerprint density at radius 3 is 2.60 bits per heavy atom. The minimum atomic E-state index is 0.145. The Kier molecular flexibility index (Phi) is 3.51. The van der Waals surface area contributed by atoms with E-state index in [0.717, 1.165) is 42.5 Å². The van der Waals surface area contributed by atoms with Crippen LogP contribution in [0.15, 0.2) is 24.3 Å². The zero-order valence-electron chi connectivity index (χ0n) is 12.3. The number of fused-ring (bicyclic) bond motifs is 1. The van der Waals surface area contributed by atoms with Crippen LogP contribution >= 0.6 is 0 Å². The van der Waals surface area contributed by atoms with Gasteiger partial charge in [-0.1, -0.05) is 26.0 Å². The molecule has 1 saturated heterocycles. The Balaban J connectivity index is 1.90. The van der Waals surface area contributed by atoms with Gasteiger partial charge in [0.05, 0.1) is 0 Å². The van der Waals surface area contributed by atoms with Crippen molar-refractivity contribution in [1.29, 1.82) is 0 Å². The number of nitrogens with one attached hydrogen (secondary N) is 1. The minimum Gasteiger partial charge on any atom is -0.351 e. The molecule has 1 aliphatic heterocycles. The predicted molar refractivity (Wildman–Crippen MR) is 82.1 cm³/mol. The molecule has 1 fully saturated rings. The fraction of sp³-hybridized carbons (Fsp3) is 0.471. The van der Waals surface area contributed by atoms with Gasteiger partial charge in [0.25, 0.3) is 5.91 Å². The molecule has 0 bridgehead atoms. The van der Waals surface area contributed by atoms with Crippen molar-refractivity contribution in [3.05, 3.63) is 35.5 Å². The van der Waals surface area contributed by atoms with Crippen LogP contribution in [0.1, 0.15) is 55.1 Å². The van der Waals surface area contributed by atoms with Gasteiger partial charge in [-0.05, 0) is 42.9 Å². The van der Waals surface area contributed by atoms with Gasteiger partial charge in [-0.15, -0.1) is 0 Å². The molecule has 3 heteroatoms. The lowest BCUT2D eigenvalue weighted by molar-refractivity contribution is 0.0719. The molecule has 1 amide bonds. The van der Waals surface area contributed by atoms with Gasteiger partial charge in [0, 0.05) is 24.0 Å². The van der Waals surface area contributed by atoms with Crippen molar-refractivity contribution in [2.45, 2.75) is 39.0 Å². The number of hydrogen-bond acceptors (Lipinski definition) is 1. The molecule has 0 radical (unpaired) electrons. The van der Waals surface area contributed by atoms with E-state index in [1.54, 1.807) is 0 Å². The van der Waals surface area contributed by atoms with Crippen LogP contribution < -0.4 is 0 Å². The highest BCUT2D eigenvalue weighted by atomic mass is 16.2. The highest BCUT2D eigenvalue weighted by molar-refractivity contribution is 5.98. The average molecular weight is 270 g/mol. The number of H-pyrrole nitrogens is 1. The number of piperidine rings is 1. The van der Waals surface area contributed by atoms with E-state index in [2.05, 4.69) is 37.0 Å². The Hall–Kier alpha value is -1.77. The average Bonchev–Trinajstić information content (AvgIpc) is 2.90. The molecule has 0 aliphatic carbocycles. The zero-order valence-corrected chi connectivity index (χ0v) is 12.3. The van der Waals surface area contributed by atoms with E-state index in [4.69, 9.17) is 0 Å². The molecule has 0 saturated carbocycles. The van der Waals surface area contributed by atoms with Crippen LogP contribution in [0.3, 0.4) is 0 Å². The lowest BCUT2D eigenvalue weighted by Crippen LogP contribution is -2.35. The summed E-state index contributed by atoms with van der Waals surface area (Å²) >= 11 is 0. The van der Waals surface area contributed by atoms with E-state index in [9.17, 15) is 4.79 Å². The van der Waals surface area contributed by atoms with E-state index >= 15 is 0 Å². The predicted octanol–water partition coefficient (Wildman–Crippen LogP) is 3.92. The fourth-order valence-corrected chi connectivity index (χ4v) is 2.89. The molecule has 0 spiro atoms. The van der Waals surface area contributed by atoms with Crippen LogP contribution in [0.25, 0.3) is 10.9 Å². The SMILES string of the molecule is CC(C)c1ccc2cc(C(=O)N3CCCCC3)[nH]c2c1. The maximum atomic E-state index is 12.5. The lowest BCUT2D eigenvalue weighted by atomic mass is 10.0. The van der Waals surface area contributed by atoms with E-state index < -0.39 is 0 Å². The van der Waals surface area contributed by atoms with Crippen LogP contribution in [0, 0.1) is 0 Å². The molecule has 20 heavy (non-hydrogen) atoms. The largest absolute Gasteiger partial charge is 0.351 e. The van der Waals surface area contributed by atoms with Gasteiger partial charge in [0.2, 0.25) is 0 Å². The van der Waals surface area contributed by atoms with Crippen LogP contribution in [-0.4, -0.2) is 28.9 Å². The van der Waals surface area contributed by atoms with Crippen molar-refractivity contribution in [1.82, 2.24) is 9.88 Å². The normalized spacial score (nSPS) is 16.1. The summed E-state index contributed by atoms with van der Waals surface area (Å²) < 4.78 is 0. The summed E-state index contributed by atoms with van der Waals surface area (Å²) in [4.78, 5) is 17.7. The van der Waals surface area contributed by atoms with Gasteiger partial charge in [-0.25, -0.2) is 0 Å². The summed E-state index contributed by atoms with van der Waals surface area (Å²) in [6, 6.07) is 8.40. The number of benzene rings is 1. The maximum Gasteiger partial charge on any atom is 0.270 e. The molecule has 2 aromatic rings. The third-order valence-corrected chi connectivity index (χ3v) is 4.19. The van der Waals surface area contributed by atoms with Gasteiger partial charge >= 0.3 is 0 Å². The van der Waals surface area contributed by atoms with Gasteiger partial charge in [-0.3, -0.25) is 4.79 Å². The first kappa shape index (κ1) is 13.2. The standard InChI is InChI=1S/C17H22N2O/c1-12(2)13-6-7-14-11-16(18-15(14)10-13)17(20)19-8-4-3-5-9-19/h6-7,10-12,18H,3-5,8-9H2,1-2H3. The number of aromatic nitrogens is 1. The smallest absolute Gasteiger partial charge is 0.270 e. The Morgan fingerprint density at radius 1 is 1.15 bits per heavy atom. The molecule has 1 aromatic carbocycles. The first-order valence-electron chi connectivity index (χ1n) is 7.57. The molecule has 1 N–H and O–H groups in total. The van der Waals surface area contributed by atoms with Crippen molar-refractivity contribution in [3.8, 4) is 0 Å². The summed E-state index contributed by atoms with van der Waals surface area (Å²) in [7, 11) is 0. The van der Waals surface area contributed by atoms with Crippen molar-refractivity contribution in [2.24, 2.45) is 0 Å². The third-order valence-electron chi connectivity index (χ3n) is 4.19. The number of carbonyl (C=O) groups is 1. The van der Waals surface area contributed by atoms with Crippen LogP contribution in [-0.2, 0) is 0 Å². The maximum absolute atomic E-state index is 12.5. The zero-order chi connectivity index (χ0) is 14.1. The first-order chi connectivity index (χ1) is 9.65. The van der Waals surface area contributed by atoms with E-state index in [1.807, 2.05) is 11.0 Å². The second kappa shape index (κ2) is 5.31. The summed E-state index contributed by atoms with van der Waals surface area (Å²) in [6.45, 7) is 6.16. The lowest BCUT2D eigenvalue weighted by Gasteiger charge is -2.26. The second-order valence-electron chi connectivity index (χ2n) is 6.04. The quantitative estimate of drug-likeness (QED) is 0.882. The minimum absolute atomic E-state index is 0.145. The van der Waals surface area contributed by atoms with Gasteiger partial charge in [0.1, 0.15) is 5.69 Å². The molecular formula is C17H22N2O. The summed E-state index contributed by atoms with van der Waals surface area (Å²) in [5.41, 5.74) is 3.09. The molecule has 1 aromatic heterocycles. The first-order valence-corrected chi connectivity index (χ1v) is 7.57. The topological polar surface area (TPSA) is 36.1 Å². The molecule has 106 valence electrons. The fourth-order valence-electron chi connectivity index (χ4n) is 2.89. The van der Waals surface area contributed by atoms with Crippen molar-refractivity contribution in [2.75, 3.05) is 13.1 Å². The number of nitrogens with zero attached hydrogens (tertiary/aromatic N) is 1. The van der Waals surface area contributed by atoms with Crippen molar-refractivity contribution >= 4 is 16.8 Å². The Bertz CT molecular complexity index is 621. The summed E-state index contributed by atoms with van der Waals surface area (Å²) in [5, 5.41) is 1.12. The van der Waals surface area contributed by atoms with Crippen LogP contribution in [0.5, 0.6) is 0 Å². The Morgan fingerprint density at radius 2 is 1.90 bits per heavy atom. The summed E-state index contributed by atoms with van der Waals surface area (Å²) in [6.07, 6.45) is 3.50. The molecule has 2 heterocycles. The van der Waals surface area contributed by atoms with E-state index in [-0.39, 0.29) is 5.91 Å². The van der Waals surface area contributed by atoms with Crippen LogP contribution in [0.2, 0.25) is 0 Å². The molecule has 1 aliphatic rings. The third kappa shape index (κ3) is 2.45. The second-order valence-corrected chi connectivity index (χ2v) is 6.04. The molecule has 3 rings (SSSR count). The highest BCUT2D eigenvalue weighted by Gasteiger charge is 2.19.